The Morgan fingerprint density at radius 1 is 1.10 bits per heavy atom. The summed E-state index contributed by atoms with van der Waals surface area (Å²) in [6, 6.07) is 18.2. The van der Waals surface area contributed by atoms with E-state index in [2.05, 4.69) is 10.3 Å². The Hall–Kier alpha value is -3.87. The van der Waals surface area contributed by atoms with Gasteiger partial charge in [0.05, 0.1) is 30.9 Å². The molecule has 152 valence electrons. The number of hydrogen-bond acceptors (Lipinski definition) is 5. The first-order valence-electron chi connectivity index (χ1n) is 9.58. The first kappa shape index (κ1) is 19.4. The van der Waals surface area contributed by atoms with Gasteiger partial charge in [0.15, 0.2) is 5.76 Å². The molecule has 0 aliphatic carbocycles. The van der Waals surface area contributed by atoms with Crippen LogP contribution in [0.3, 0.4) is 0 Å². The van der Waals surface area contributed by atoms with Crippen LogP contribution in [0.1, 0.15) is 21.9 Å². The van der Waals surface area contributed by atoms with Gasteiger partial charge in [-0.05, 0) is 42.3 Å². The van der Waals surface area contributed by atoms with Gasteiger partial charge in [0.1, 0.15) is 11.5 Å². The highest BCUT2D eigenvalue weighted by molar-refractivity contribution is 5.91. The minimum absolute atomic E-state index is 0.153. The summed E-state index contributed by atoms with van der Waals surface area (Å²) in [6.45, 7) is 0.647. The summed E-state index contributed by atoms with van der Waals surface area (Å²) in [5.41, 5.74) is 1.51. The molecule has 0 bridgehead atoms. The normalized spacial score (nSPS) is 10.8. The van der Waals surface area contributed by atoms with Crippen LogP contribution in [0.4, 0.5) is 0 Å². The molecule has 2 aromatic heterocycles. The molecule has 1 amide bonds. The van der Waals surface area contributed by atoms with Gasteiger partial charge in [-0.25, -0.2) is 4.98 Å². The second-order valence-corrected chi connectivity index (χ2v) is 6.78. The first-order valence-corrected chi connectivity index (χ1v) is 9.58. The Bertz CT molecular complexity index is 1240. The predicted octanol–water partition coefficient (Wildman–Crippen LogP) is 3.02. The van der Waals surface area contributed by atoms with E-state index in [4.69, 9.17) is 9.15 Å². The van der Waals surface area contributed by atoms with Gasteiger partial charge >= 0.3 is 0 Å². The molecular formula is C23H21N3O4. The van der Waals surface area contributed by atoms with E-state index in [1.807, 2.05) is 30.3 Å². The molecule has 0 aliphatic heterocycles. The van der Waals surface area contributed by atoms with Crippen molar-refractivity contribution in [1.82, 2.24) is 14.9 Å². The smallest absolute Gasteiger partial charge is 0.287 e. The molecule has 2 heterocycles. The van der Waals surface area contributed by atoms with Gasteiger partial charge in [0, 0.05) is 6.54 Å². The molecule has 0 atom stereocenters. The van der Waals surface area contributed by atoms with E-state index in [9.17, 15) is 9.59 Å². The molecule has 0 radical (unpaired) electrons. The number of aromatic nitrogens is 2. The molecule has 0 spiro atoms. The summed E-state index contributed by atoms with van der Waals surface area (Å²) in [6.07, 6.45) is 2.13. The van der Waals surface area contributed by atoms with Crippen molar-refractivity contribution in [2.75, 3.05) is 13.7 Å². The van der Waals surface area contributed by atoms with Crippen LogP contribution in [-0.4, -0.2) is 29.1 Å². The van der Waals surface area contributed by atoms with E-state index in [-0.39, 0.29) is 23.8 Å². The van der Waals surface area contributed by atoms with E-state index >= 15 is 0 Å². The van der Waals surface area contributed by atoms with E-state index in [1.165, 1.54) is 10.9 Å². The molecule has 30 heavy (non-hydrogen) atoms. The number of hydrogen-bond donors (Lipinski definition) is 1. The Kier molecular flexibility index (Phi) is 5.61. The maximum atomic E-state index is 12.6. The zero-order valence-corrected chi connectivity index (χ0v) is 16.5. The third-order valence-electron chi connectivity index (χ3n) is 4.82. The molecule has 0 saturated heterocycles. The number of carbonyl (C=O) groups is 1. The van der Waals surface area contributed by atoms with Crippen molar-refractivity contribution in [3.05, 3.63) is 94.4 Å². The highest BCUT2D eigenvalue weighted by Gasteiger charge is 2.13. The Morgan fingerprint density at radius 3 is 2.77 bits per heavy atom. The molecular weight excluding hydrogens is 382 g/mol. The Balaban J connectivity index is 1.40. The van der Waals surface area contributed by atoms with E-state index in [1.54, 1.807) is 37.4 Å². The summed E-state index contributed by atoms with van der Waals surface area (Å²) in [7, 11) is 1.62. The van der Waals surface area contributed by atoms with Crippen LogP contribution in [-0.2, 0) is 13.0 Å². The van der Waals surface area contributed by atoms with Gasteiger partial charge in [0.2, 0.25) is 0 Å². The average molecular weight is 403 g/mol. The third-order valence-corrected chi connectivity index (χ3v) is 4.82. The molecule has 2 aromatic carbocycles. The molecule has 4 aromatic rings. The topological polar surface area (TPSA) is 86.4 Å². The van der Waals surface area contributed by atoms with Crippen LogP contribution in [0.5, 0.6) is 5.75 Å². The number of carbonyl (C=O) groups excluding carboxylic acids is 1. The van der Waals surface area contributed by atoms with Crippen molar-refractivity contribution in [3.8, 4) is 5.75 Å². The molecule has 0 unspecified atom stereocenters. The summed E-state index contributed by atoms with van der Waals surface area (Å²) in [5.74, 6) is 1.19. The van der Waals surface area contributed by atoms with Crippen LogP contribution < -0.4 is 15.6 Å². The largest absolute Gasteiger partial charge is 0.496 e. The third kappa shape index (κ3) is 4.10. The van der Waals surface area contributed by atoms with Crippen LogP contribution in [0, 0.1) is 0 Å². The lowest BCUT2D eigenvalue weighted by atomic mass is 10.1. The van der Waals surface area contributed by atoms with Gasteiger partial charge in [0.25, 0.3) is 11.5 Å². The van der Waals surface area contributed by atoms with E-state index in [0.717, 1.165) is 11.3 Å². The predicted molar refractivity (Wildman–Crippen MR) is 113 cm³/mol. The number of fused-ring (bicyclic) bond motifs is 1. The molecule has 7 heteroatoms. The van der Waals surface area contributed by atoms with Gasteiger partial charge in [-0.3, -0.25) is 14.2 Å². The monoisotopic (exact) mass is 403 g/mol. The molecule has 1 N–H and O–H groups in total. The number of para-hydroxylation sites is 2. The van der Waals surface area contributed by atoms with Crippen molar-refractivity contribution in [1.29, 1.82) is 0 Å². The highest BCUT2D eigenvalue weighted by Crippen LogP contribution is 2.17. The summed E-state index contributed by atoms with van der Waals surface area (Å²) < 4.78 is 12.4. The quantitative estimate of drug-likeness (QED) is 0.513. The highest BCUT2D eigenvalue weighted by atomic mass is 16.5. The first-order chi connectivity index (χ1) is 14.7. The number of nitrogens with zero attached hydrogens (tertiary/aromatic N) is 2. The minimum Gasteiger partial charge on any atom is -0.496 e. The second kappa shape index (κ2) is 8.65. The van der Waals surface area contributed by atoms with Crippen molar-refractivity contribution in [2.24, 2.45) is 0 Å². The number of furan rings is 1. The van der Waals surface area contributed by atoms with Crippen LogP contribution in [0.25, 0.3) is 10.9 Å². The molecule has 0 saturated carbocycles. The fourth-order valence-corrected chi connectivity index (χ4v) is 3.28. The van der Waals surface area contributed by atoms with E-state index < -0.39 is 0 Å². The lowest BCUT2D eigenvalue weighted by Gasteiger charge is -2.08. The maximum Gasteiger partial charge on any atom is 0.287 e. The van der Waals surface area contributed by atoms with Crippen LogP contribution >= 0.6 is 0 Å². The number of amides is 1. The Labute approximate surface area is 172 Å². The number of benzene rings is 2. The van der Waals surface area contributed by atoms with E-state index in [0.29, 0.717) is 29.6 Å². The fourth-order valence-electron chi connectivity index (χ4n) is 3.28. The van der Waals surface area contributed by atoms with Crippen LogP contribution in [0.2, 0.25) is 0 Å². The molecule has 4 rings (SSSR count). The summed E-state index contributed by atoms with van der Waals surface area (Å²) in [4.78, 5) is 29.3. The standard InChI is InChI=1S/C23H21N3O4/c1-29-20-9-5-2-6-16(20)12-13-24-22(27)21-11-10-17(30-21)14-26-15-25-19-8-4-3-7-18(19)23(26)28/h2-11,15H,12-14H2,1H3,(H,24,27). The SMILES string of the molecule is COc1ccccc1CCNC(=O)c1ccc(Cn2cnc3ccccc3c2=O)o1. The number of methoxy groups -OCH3 is 1. The lowest BCUT2D eigenvalue weighted by molar-refractivity contribution is 0.0924. The van der Waals surface area contributed by atoms with Gasteiger partial charge in [-0.2, -0.15) is 0 Å². The second-order valence-electron chi connectivity index (χ2n) is 6.78. The van der Waals surface area contributed by atoms with Gasteiger partial charge in [-0.15, -0.1) is 0 Å². The minimum atomic E-state index is -0.305. The number of rotatable bonds is 7. The lowest BCUT2D eigenvalue weighted by Crippen LogP contribution is -2.25. The number of ether oxygens (including phenoxy) is 1. The summed E-state index contributed by atoms with van der Waals surface area (Å²) >= 11 is 0. The van der Waals surface area contributed by atoms with Crippen molar-refractivity contribution in [2.45, 2.75) is 13.0 Å². The van der Waals surface area contributed by atoms with Crippen molar-refractivity contribution >= 4 is 16.8 Å². The van der Waals surface area contributed by atoms with Gasteiger partial charge < -0.3 is 14.5 Å². The number of nitrogens with one attached hydrogen (secondary N) is 1. The average Bonchev–Trinajstić information content (AvgIpc) is 3.25. The zero-order chi connectivity index (χ0) is 20.9. The maximum absolute atomic E-state index is 12.6. The molecule has 7 nitrogen and oxygen atoms in total. The van der Waals surface area contributed by atoms with Crippen molar-refractivity contribution in [3.63, 3.8) is 0 Å². The Morgan fingerprint density at radius 2 is 1.90 bits per heavy atom. The fraction of sp³-hybridized carbons (Fsp3) is 0.174. The summed E-state index contributed by atoms with van der Waals surface area (Å²) in [5, 5.41) is 3.38. The van der Waals surface area contributed by atoms with Crippen LogP contribution in [0.15, 0.2) is 76.2 Å². The van der Waals surface area contributed by atoms with Gasteiger partial charge in [-0.1, -0.05) is 30.3 Å². The molecule has 0 aliphatic rings. The zero-order valence-electron chi connectivity index (χ0n) is 16.5. The molecule has 0 fully saturated rings. The van der Waals surface area contributed by atoms with Crippen molar-refractivity contribution < 1.29 is 13.9 Å².